The number of carbonyl (C=O) groups excluding carboxylic acids is 1. The van der Waals surface area contributed by atoms with Gasteiger partial charge in [-0.15, -0.1) is 0 Å². The first-order valence-electron chi connectivity index (χ1n) is 12.0. The SMILES string of the molecule is COCCOC1CN(C2CCN(C(=O)c3ccc(OC)cc3OC)CC2)C12CCCCC2. The Bertz CT molecular complexity index is 772. The van der Waals surface area contributed by atoms with E-state index in [9.17, 15) is 4.79 Å². The molecule has 3 fully saturated rings. The first-order chi connectivity index (χ1) is 15.6. The number of rotatable bonds is 8. The van der Waals surface area contributed by atoms with Crippen LogP contribution in [0.4, 0.5) is 0 Å². The maximum Gasteiger partial charge on any atom is 0.257 e. The highest BCUT2D eigenvalue weighted by Crippen LogP contribution is 2.47. The van der Waals surface area contributed by atoms with Crippen LogP contribution in [-0.4, -0.2) is 87.6 Å². The molecular formula is C25H38N2O5. The minimum atomic E-state index is 0.0414. The summed E-state index contributed by atoms with van der Waals surface area (Å²) >= 11 is 0. The Morgan fingerprint density at radius 1 is 1.03 bits per heavy atom. The highest BCUT2D eigenvalue weighted by Gasteiger charge is 2.56. The molecule has 1 aromatic carbocycles. The highest BCUT2D eigenvalue weighted by atomic mass is 16.5. The minimum absolute atomic E-state index is 0.0414. The molecule has 0 radical (unpaired) electrons. The number of methoxy groups -OCH3 is 3. The van der Waals surface area contributed by atoms with Crippen LogP contribution in [0.15, 0.2) is 18.2 Å². The lowest BCUT2D eigenvalue weighted by molar-refractivity contribution is -0.203. The van der Waals surface area contributed by atoms with E-state index in [1.165, 1.54) is 32.1 Å². The van der Waals surface area contributed by atoms with E-state index in [4.69, 9.17) is 18.9 Å². The maximum atomic E-state index is 13.2. The third kappa shape index (κ3) is 4.47. The van der Waals surface area contributed by atoms with Gasteiger partial charge in [-0.25, -0.2) is 0 Å². The molecule has 0 bridgehead atoms. The molecule has 2 saturated heterocycles. The van der Waals surface area contributed by atoms with E-state index in [0.29, 0.717) is 42.4 Å². The van der Waals surface area contributed by atoms with Crippen LogP contribution in [0.5, 0.6) is 11.5 Å². The molecule has 1 amide bonds. The van der Waals surface area contributed by atoms with E-state index < -0.39 is 0 Å². The Kier molecular flexibility index (Phi) is 7.59. The zero-order valence-electron chi connectivity index (χ0n) is 19.8. The summed E-state index contributed by atoms with van der Waals surface area (Å²) in [6.45, 7) is 3.89. The van der Waals surface area contributed by atoms with Gasteiger partial charge in [-0.1, -0.05) is 19.3 Å². The Hall–Kier alpha value is -1.83. The summed E-state index contributed by atoms with van der Waals surface area (Å²) in [7, 11) is 4.93. The molecule has 1 aromatic rings. The molecule has 1 spiro atoms. The van der Waals surface area contributed by atoms with Crippen LogP contribution in [-0.2, 0) is 9.47 Å². The number of piperidine rings is 1. The van der Waals surface area contributed by atoms with E-state index in [1.807, 2.05) is 11.0 Å². The monoisotopic (exact) mass is 446 g/mol. The molecule has 3 aliphatic rings. The Morgan fingerprint density at radius 3 is 2.44 bits per heavy atom. The van der Waals surface area contributed by atoms with Gasteiger partial charge in [-0.05, 0) is 37.8 Å². The first-order valence-corrected chi connectivity index (χ1v) is 12.0. The normalized spacial score (nSPS) is 23.7. The Morgan fingerprint density at radius 2 is 1.78 bits per heavy atom. The highest BCUT2D eigenvalue weighted by molar-refractivity contribution is 5.97. The molecule has 4 rings (SSSR count). The standard InChI is InChI=1S/C25H38N2O5/c1-29-15-16-32-23-18-27(25(23)11-5-4-6-12-25)19-9-13-26(14-10-19)24(28)21-8-7-20(30-2)17-22(21)31-3/h7-8,17,19,23H,4-6,9-16,18H2,1-3H3. The summed E-state index contributed by atoms with van der Waals surface area (Å²) < 4.78 is 22.1. The summed E-state index contributed by atoms with van der Waals surface area (Å²) in [5.74, 6) is 1.30. The molecule has 2 heterocycles. The van der Waals surface area contributed by atoms with Crippen LogP contribution < -0.4 is 9.47 Å². The van der Waals surface area contributed by atoms with Crippen molar-refractivity contribution in [2.45, 2.75) is 62.6 Å². The van der Waals surface area contributed by atoms with Crippen LogP contribution in [0.3, 0.4) is 0 Å². The van der Waals surface area contributed by atoms with E-state index >= 15 is 0 Å². The fourth-order valence-electron chi connectivity index (χ4n) is 5.90. The largest absolute Gasteiger partial charge is 0.497 e. The number of hydrogen-bond acceptors (Lipinski definition) is 6. The molecule has 178 valence electrons. The van der Waals surface area contributed by atoms with Gasteiger partial charge in [0.2, 0.25) is 0 Å². The van der Waals surface area contributed by atoms with Crippen molar-refractivity contribution >= 4 is 5.91 Å². The second kappa shape index (κ2) is 10.4. The summed E-state index contributed by atoms with van der Waals surface area (Å²) in [6.07, 6.45) is 8.70. The summed E-state index contributed by atoms with van der Waals surface area (Å²) in [4.78, 5) is 17.9. The van der Waals surface area contributed by atoms with Gasteiger partial charge in [-0.2, -0.15) is 0 Å². The fourth-order valence-corrected chi connectivity index (χ4v) is 5.90. The lowest BCUT2D eigenvalue weighted by atomic mass is 9.69. The van der Waals surface area contributed by atoms with E-state index in [2.05, 4.69) is 4.90 Å². The molecular weight excluding hydrogens is 408 g/mol. The van der Waals surface area contributed by atoms with Crippen molar-refractivity contribution in [1.82, 2.24) is 9.80 Å². The molecule has 2 aliphatic heterocycles. The number of carbonyl (C=O) groups is 1. The Balaban J connectivity index is 1.37. The quantitative estimate of drug-likeness (QED) is 0.571. The van der Waals surface area contributed by atoms with Crippen molar-refractivity contribution in [3.63, 3.8) is 0 Å². The summed E-state index contributed by atoms with van der Waals surface area (Å²) in [5.41, 5.74) is 0.799. The molecule has 1 saturated carbocycles. The first kappa shape index (κ1) is 23.3. The second-order valence-electron chi connectivity index (χ2n) is 9.26. The van der Waals surface area contributed by atoms with Gasteiger partial charge < -0.3 is 23.8 Å². The van der Waals surface area contributed by atoms with Crippen LogP contribution in [0.2, 0.25) is 0 Å². The number of amides is 1. The van der Waals surface area contributed by atoms with Gasteiger partial charge in [0.15, 0.2) is 0 Å². The number of ether oxygens (including phenoxy) is 4. The van der Waals surface area contributed by atoms with Crippen molar-refractivity contribution < 1.29 is 23.7 Å². The van der Waals surface area contributed by atoms with Gasteiger partial charge >= 0.3 is 0 Å². The topological polar surface area (TPSA) is 60.5 Å². The van der Waals surface area contributed by atoms with Crippen LogP contribution >= 0.6 is 0 Å². The van der Waals surface area contributed by atoms with E-state index in [1.54, 1.807) is 33.5 Å². The number of hydrogen-bond donors (Lipinski definition) is 0. The minimum Gasteiger partial charge on any atom is -0.497 e. The lowest BCUT2D eigenvalue weighted by Crippen LogP contribution is -2.75. The lowest BCUT2D eigenvalue weighted by Gasteiger charge is -2.63. The second-order valence-corrected chi connectivity index (χ2v) is 9.26. The molecule has 0 aromatic heterocycles. The zero-order valence-corrected chi connectivity index (χ0v) is 19.8. The van der Waals surface area contributed by atoms with Crippen molar-refractivity contribution in [3.8, 4) is 11.5 Å². The van der Waals surface area contributed by atoms with Crippen LogP contribution in [0.25, 0.3) is 0 Å². The number of benzene rings is 1. The summed E-state index contributed by atoms with van der Waals surface area (Å²) in [6, 6.07) is 5.92. The van der Waals surface area contributed by atoms with E-state index in [-0.39, 0.29) is 11.4 Å². The Labute approximate surface area is 191 Å². The molecule has 0 N–H and O–H groups in total. The average molecular weight is 447 g/mol. The molecule has 32 heavy (non-hydrogen) atoms. The van der Waals surface area contributed by atoms with Gasteiger partial charge in [-0.3, -0.25) is 9.69 Å². The van der Waals surface area contributed by atoms with E-state index in [0.717, 1.165) is 32.5 Å². The molecule has 1 aliphatic carbocycles. The van der Waals surface area contributed by atoms with Crippen molar-refractivity contribution in [1.29, 1.82) is 0 Å². The van der Waals surface area contributed by atoms with Gasteiger partial charge in [0.25, 0.3) is 5.91 Å². The smallest absolute Gasteiger partial charge is 0.257 e. The molecule has 7 heteroatoms. The van der Waals surface area contributed by atoms with Crippen LogP contribution in [0.1, 0.15) is 55.3 Å². The van der Waals surface area contributed by atoms with Gasteiger partial charge in [0.1, 0.15) is 11.5 Å². The molecule has 1 atom stereocenters. The van der Waals surface area contributed by atoms with Gasteiger partial charge in [0.05, 0.1) is 39.1 Å². The van der Waals surface area contributed by atoms with Crippen molar-refractivity contribution in [2.24, 2.45) is 0 Å². The summed E-state index contributed by atoms with van der Waals surface area (Å²) in [5, 5.41) is 0. The van der Waals surface area contributed by atoms with Crippen molar-refractivity contribution in [3.05, 3.63) is 23.8 Å². The predicted molar refractivity (Wildman–Crippen MR) is 123 cm³/mol. The number of nitrogens with zero attached hydrogens (tertiary/aromatic N) is 2. The van der Waals surface area contributed by atoms with Crippen molar-refractivity contribution in [2.75, 3.05) is 54.2 Å². The zero-order chi connectivity index (χ0) is 22.6. The molecule has 1 unspecified atom stereocenters. The van der Waals surface area contributed by atoms with Crippen LogP contribution in [0, 0.1) is 0 Å². The number of likely N-dealkylation sites (tertiary alicyclic amines) is 2. The third-order valence-electron chi connectivity index (χ3n) is 7.69. The average Bonchev–Trinajstić information content (AvgIpc) is 2.85. The predicted octanol–water partition coefficient (Wildman–Crippen LogP) is 3.36. The third-order valence-corrected chi connectivity index (χ3v) is 7.69. The molecule has 7 nitrogen and oxygen atoms in total. The van der Waals surface area contributed by atoms with Gasteiger partial charge in [0, 0.05) is 44.4 Å². The fraction of sp³-hybridized carbons (Fsp3) is 0.720. The maximum absolute atomic E-state index is 13.2.